The Balaban J connectivity index is 2.38. The molecule has 0 aliphatic heterocycles. The summed E-state index contributed by atoms with van der Waals surface area (Å²) in [5, 5.41) is 0. The number of hydrogen-bond donors (Lipinski definition) is 1. The van der Waals surface area contributed by atoms with E-state index in [1.165, 1.54) is 38.3 Å². The van der Waals surface area contributed by atoms with Crippen LogP contribution in [0.3, 0.4) is 0 Å². The fourth-order valence-corrected chi connectivity index (χ4v) is 3.17. The fourth-order valence-electron chi connectivity index (χ4n) is 2.11. The highest BCUT2D eigenvalue weighted by atomic mass is 32.2. The second-order valence-corrected chi connectivity index (χ2v) is 7.01. The minimum Gasteiger partial charge on any atom is -0.495 e. The lowest BCUT2D eigenvalue weighted by Crippen LogP contribution is -2.14. The molecule has 0 aromatic heterocycles. The van der Waals surface area contributed by atoms with Gasteiger partial charge in [-0.2, -0.15) is 0 Å². The molecule has 122 valence electrons. The smallest absolute Gasteiger partial charge is 0.262 e. The summed E-state index contributed by atoms with van der Waals surface area (Å²) in [6.07, 6.45) is 0. The van der Waals surface area contributed by atoms with E-state index >= 15 is 0 Å². The van der Waals surface area contributed by atoms with Gasteiger partial charge in [-0.25, -0.2) is 8.42 Å². The average Bonchev–Trinajstić information content (AvgIpc) is 2.50. The van der Waals surface area contributed by atoms with Crippen LogP contribution in [0.1, 0.15) is 28.4 Å². The number of Topliss-reactive ketones (excluding diaryl/α,β-unsaturated/α-hetero) is 1. The lowest BCUT2D eigenvalue weighted by atomic mass is 10.1. The fraction of sp³-hybridized carbons (Fsp3) is 0.235. The summed E-state index contributed by atoms with van der Waals surface area (Å²) in [5.41, 5.74) is 2.81. The first kappa shape index (κ1) is 17.0. The van der Waals surface area contributed by atoms with Crippen LogP contribution in [0, 0.1) is 13.8 Å². The second-order valence-electron chi connectivity index (χ2n) is 5.32. The van der Waals surface area contributed by atoms with Gasteiger partial charge < -0.3 is 4.74 Å². The monoisotopic (exact) mass is 333 g/mol. The number of rotatable bonds is 5. The van der Waals surface area contributed by atoms with E-state index in [1.807, 2.05) is 13.8 Å². The molecule has 0 saturated heterocycles. The number of anilines is 1. The van der Waals surface area contributed by atoms with Crippen molar-refractivity contribution in [3.8, 4) is 5.75 Å². The molecule has 0 spiro atoms. The molecular formula is C17H19NO4S. The quantitative estimate of drug-likeness (QED) is 0.852. The Morgan fingerprint density at radius 3 is 2.13 bits per heavy atom. The van der Waals surface area contributed by atoms with Crippen molar-refractivity contribution in [1.29, 1.82) is 0 Å². The molecule has 0 fully saturated rings. The van der Waals surface area contributed by atoms with Crippen LogP contribution in [-0.4, -0.2) is 21.3 Å². The highest BCUT2D eigenvalue weighted by Crippen LogP contribution is 2.30. The van der Waals surface area contributed by atoms with Gasteiger partial charge in [-0.3, -0.25) is 9.52 Å². The standard InChI is InChI=1S/C17H19NO4S/c1-11-9-16(17(22-4)10-12(11)2)18-23(20,21)15-7-5-14(6-8-15)13(3)19/h5-10,18H,1-4H3. The van der Waals surface area contributed by atoms with Gasteiger partial charge in [0.2, 0.25) is 0 Å². The minimum atomic E-state index is -3.76. The summed E-state index contributed by atoms with van der Waals surface area (Å²) in [6.45, 7) is 5.26. The van der Waals surface area contributed by atoms with Crippen LogP contribution in [0.4, 0.5) is 5.69 Å². The zero-order chi connectivity index (χ0) is 17.2. The van der Waals surface area contributed by atoms with Crippen molar-refractivity contribution in [2.75, 3.05) is 11.8 Å². The van der Waals surface area contributed by atoms with Crippen molar-refractivity contribution in [3.63, 3.8) is 0 Å². The lowest BCUT2D eigenvalue weighted by Gasteiger charge is -2.14. The molecule has 0 atom stereocenters. The third kappa shape index (κ3) is 3.71. The van der Waals surface area contributed by atoms with Crippen LogP contribution in [0.5, 0.6) is 5.75 Å². The molecule has 0 unspecified atom stereocenters. The second kappa shape index (κ2) is 6.42. The number of benzene rings is 2. The molecule has 0 aliphatic rings. The van der Waals surface area contributed by atoms with E-state index in [0.717, 1.165) is 11.1 Å². The molecular weight excluding hydrogens is 314 g/mol. The van der Waals surface area contributed by atoms with E-state index in [0.29, 0.717) is 17.0 Å². The van der Waals surface area contributed by atoms with Gasteiger partial charge in [0.25, 0.3) is 10.0 Å². The maximum atomic E-state index is 12.5. The molecule has 0 radical (unpaired) electrons. The van der Waals surface area contributed by atoms with Crippen molar-refractivity contribution in [2.45, 2.75) is 25.7 Å². The number of carbonyl (C=O) groups excluding carboxylic acids is 1. The molecule has 0 saturated carbocycles. The van der Waals surface area contributed by atoms with Crippen molar-refractivity contribution >= 4 is 21.5 Å². The van der Waals surface area contributed by atoms with Gasteiger partial charge in [0, 0.05) is 5.56 Å². The summed E-state index contributed by atoms with van der Waals surface area (Å²) in [6, 6.07) is 9.32. The Morgan fingerprint density at radius 2 is 1.61 bits per heavy atom. The zero-order valence-corrected chi connectivity index (χ0v) is 14.3. The maximum Gasteiger partial charge on any atom is 0.262 e. The number of hydrogen-bond acceptors (Lipinski definition) is 4. The topological polar surface area (TPSA) is 72.5 Å². The Hall–Kier alpha value is -2.34. The predicted octanol–water partition coefficient (Wildman–Crippen LogP) is 3.32. The van der Waals surface area contributed by atoms with Crippen molar-refractivity contribution < 1.29 is 17.9 Å². The van der Waals surface area contributed by atoms with E-state index in [9.17, 15) is 13.2 Å². The van der Waals surface area contributed by atoms with Crippen LogP contribution in [0.15, 0.2) is 41.3 Å². The Bertz CT molecular complexity index is 840. The molecule has 2 rings (SSSR count). The first-order chi connectivity index (χ1) is 10.7. The SMILES string of the molecule is COc1cc(C)c(C)cc1NS(=O)(=O)c1ccc(C(C)=O)cc1. The molecule has 1 N–H and O–H groups in total. The summed E-state index contributed by atoms with van der Waals surface area (Å²) in [7, 11) is -2.27. The zero-order valence-electron chi connectivity index (χ0n) is 13.5. The highest BCUT2D eigenvalue weighted by Gasteiger charge is 2.17. The summed E-state index contributed by atoms with van der Waals surface area (Å²) >= 11 is 0. The molecule has 2 aromatic carbocycles. The maximum absolute atomic E-state index is 12.5. The van der Waals surface area contributed by atoms with Crippen LogP contribution in [0.25, 0.3) is 0 Å². The van der Waals surface area contributed by atoms with Crippen LogP contribution >= 0.6 is 0 Å². The number of ether oxygens (including phenoxy) is 1. The average molecular weight is 333 g/mol. The highest BCUT2D eigenvalue weighted by molar-refractivity contribution is 7.92. The number of methoxy groups -OCH3 is 1. The third-order valence-electron chi connectivity index (χ3n) is 3.63. The molecule has 0 heterocycles. The van der Waals surface area contributed by atoms with Gasteiger partial charge in [0.1, 0.15) is 5.75 Å². The minimum absolute atomic E-state index is 0.0859. The van der Waals surface area contributed by atoms with Crippen LogP contribution in [0.2, 0.25) is 0 Å². The molecule has 0 bridgehead atoms. The summed E-state index contributed by atoms with van der Waals surface area (Å²) < 4.78 is 32.8. The van der Waals surface area contributed by atoms with Crippen LogP contribution < -0.4 is 9.46 Å². The van der Waals surface area contributed by atoms with Crippen molar-refractivity contribution in [2.24, 2.45) is 0 Å². The first-order valence-electron chi connectivity index (χ1n) is 7.03. The Labute approximate surface area is 136 Å². The largest absolute Gasteiger partial charge is 0.495 e. The van der Waals surface area contributed by atoms with E-state index in [2.05, 4.69) is 4.72 Å². The van der Waals surface area contributed by atoms with Gasteiger partial charge in [-0.1, -0.05) is 12.1 Å². The summed E-state index contributed by atoms with van der Waals surface area (Å²) in [4.78, 5) is 11.4. The van der Waals surface area contributed by atoms with Gasteiger partial charge in [-0.05, 0) is 56.2 Å². The van der Waals surface area contributed by atoms with Gasteiger partial charge >= 0.3 is 0 Å². The summed E-state index contributed by atoms with van der Waals surface area (Å²) in [5.74, 6) is 0.342. The number of sulfonamides is 1. The third-order valence-corrected chi connectivity index (χ3v) is 5.01. The number of nitrogens with one attached hydrogen (secondary N) is 1. The molecule has 23 heavy (non-hydrogen) atoms. The Kier molecular flexibility index (Phi) is 4.75. The molecule has 6 heteroatoms. The molecule has 2 aromatic rings. The Morgan fingerprint density at radius 1 is 1.04 bits per heavy atom. The van der Waals surface area contributed by atoms with E-state index in [1.54, 1.807) is 12.1 Å². The molecule has 0 aliphatic carbocycles. The van der Waals surface area contributed by atoms with Crippen molar-refractivity contribution in [1.82, 2.24) is 0 Å². The van der Waals surface area contributed by atoms with E-state index in [-0.39, 0.29) is 10.7 Å². The predicted molar refractivity (Wildman–Crippen MR) is 89.7 cm³/mol. The molecule has 0 amide bonds. The van der Waals surface area contributed by atoms with E-state index < -0.39 is 10.0 Å². The first-order valence-corrected chi connectivity index (χ1v) is 8.52. The van der Waals surface area contributed by atoms with Crippen molar-refractivity contribution in [3.05, 3.63) is 53.1 Å². The number of carbonyl (C=O) groups is 1. The number of aryl methyl sites for hydroxylation is 2. The molecule has 5 nitrogen and oxygen atoms in total. The van der Waals surface area contributed by atoms with Gasteiger partial charge in [-0.15, -0.1) is 0 Å². The van der Waals surface area contributed by atoms with Gasteiger partial charge in [0.15, 0.2) is 5.78 Å². The van der Waals surface area contributed by atoms with Crippen LogP contribution in [-0.2, 0) is 10.0 Å². The van der Waals surface area contributed by atoms with E-state index in [4.69, 9.17) is 4.74 Å². The lowest BCUT2D eigenvalue weighted by molar-refractivity contribution is 0.101. The number of ketones is 1. The van der Waals surface area contributed by atoms with Gasteiger partial charge in [0.05, 0.1) is 17.7 Å². The normalized spacial score (nSPS) is 11.1.